The highest BCUT2D eigenvalue weighted by Gasteiger charge is 2.17. The SMILES string of the molecule is C1CCC(CCC2CCNCC2)NC1. The molecule has 2 aliphatic heterocycles. The lowest BCUT2D eigenvalue weighted by Gasteiger charge is -2.27. The Morgan fingerprint density at radius 3 is 2.43 bits per heavy atom. The molecule has 1 unspecified atom stereocenters. The van der Waals surface area contributed by atoms with Gasteiger partial charge in [0.05, 0.1) is 0 Å². The maximum absolute atomic E-state index is 3.64. The summed E-state index contributed by atoms with van der Waals surface area (Å²) in [7, 11) is 0. The van der Waals surface area contributed by atoms with Gasteiger partial charge in [-0.2, -0.15) is 0 Å². The van der Waals surface area contributed by atoms with E-state index in [0.29, 0.717) is 0 Å². The molecule has 82 valence electrons. The normalized spacial score (nSPS) is 30.4. The van der Waals surface area contributed by atoms with E-state index in [1.165, 1.54) is 64.6 Å². The fourth-order valence-electron chi connectivity index (χ4n) is 2.78. The predicted molar refractivity (Wildman–Crippen MR) is 60.5 cm³/mol. The number of hydrogen-bond acceptors (Lipinski definition) is 2. The monoisotopic (exact) mass is 196 g/mol. The van der Waals surface area contributed by atoms with Gasteiger partial charge in [-0.25, -0.2) is 0 Å². The average Bonchev–Trinajstić information content (AvgIpc) is 2.29. The molecule has 2 saturated heterocycles. The molecule has 2 aliphatic rings. The maximum Gasteiger partial charge on any atom is 0.00671 e. The molecule has 2 heteroatoms. The first-order valence-corrected chi connectivity index (χ1v) is 6.39. The Labute approximate surface area is 87.8 Å². The van der Waals surface area contributed by atoms with Crippen molar-refractivity contribution in [2.45, 2.75) is 51.0 Å². The Kier molecular flexibility index (Phi) is 4.26. The Morgan fingerprint density at radius 2 is 1.71 bits per heavy atom. The van der Waals surface area contributed by atoms with E-state index in [9.17, 15) is 0 Å². The summed E-state index contributed by atoms with van der Waals surface area (Å²) in [6.07, 6.45) is 9.96. The summed E-state index contributed by atoms with van der Waals surface area (Å²) in [4.78, 5) is 0. The van der Waals surface area contributed by atoms with Gasteiger partial charge in [0.25, 0.3) is 0 Å². The average molecular weight is 196 g/mol. The fraction of sp³-hybridized carbons (Fsp3) is 1.00. The first-order valence-electron chi connectivity index (χ1n) is 6.39. The maximum atomic E-state index is 3.64. The number of nitrogens with one attached hydrogen (secondary N) is 2. The molecule has 0 aromatic carbocycles. The van der Waals surface area contributed by atoms with Gasteiger partial charge >= 0.3 is 0 Å². The molecule has 2 heterocycles. The quantitative estimate of drug-likeness (QED) is 0.720. The minimum absolute atomic E-state index is 0.846. The van der Waals surface area contributed by atoms with Crippen LogP contribution in [0.3, 0.4) is 0 Å². The van der Waals surface area contributed by atoms with E-state index in [4.69, 9.17) is 0 Å². The highest BCUT2D eigenvalue weighted by Crippen LogP contribution is 2.21. The molecule has 0 saturated carbocycles. The second-order valence-corrected chi connectivity index (χ2v) is 4.92. The van der Waals surface area contributed by atoms with E-state index in [-0.39, 0.29) is 0 Å². The lowest BCUT2D eigenvalue weighted by Crippen LogP contribution is -2.35. The minimum Gasteiger partial charge on any atom is -0.317 e. The molecule has 2 nitrogen and oxygen atoms in total. The zero-order valence-corrected chi connectivity index (χ0v) is 9.23. The molecule has 2 fully saturated rings. The highest BCUT2D eigenvalue weighted by molar-refractivity contribution is 4.75. The van der Waals surface area contributed by atoms with Crippen LogP contribution >= 0.6 is 0 Å². The van der Waals surface area contributed by atoms with Gasteiger partial charge in [-0.1, -0.05) is 6.42 Å². The summed E-state index contributed by atoms with van der Waals surface area (Å²) in [6, 6.07) is 0.846. The van der Waals surface area contributed by atoms with Gasteiger partial charge in [0.1, 0.15) is 0 Å². The van der Waals surface area contributed by atoms with Crippen molar-refractivity contribution >= 4 is 0 Å². The van der Waals surface area contributed by atoms with Crippen LogP contribution in [0.5, 0.6) is 0 Å². The third-order valence-corrected chi connectivity index (χ3v) is 3.79. The van der Waals surface area contributed by atoms with Gasteiger partial charge in [0.2, 0.25) is 0 Å². The smallest absolute Gasteiger partial charge is 0.00671 e. The Hall–Kier alpha value is -0.0800. The largest absolute Gasteiger partial charge is 0.317 e. The van der Waals surface area contributed by atoms with Crippen molar-refractivity contribution in [1.29, 1.82) is 0 Å². The van der Waals surface area contributed by atoms with Crippen molar-refractivity contribution < 1.29 is 0 Å². The van der Waals surface area contributed by atoms with Crippen LogP contribution in [0.25, 0.3) is 0 Å². The second-order valence-electron chi connectivity index (χ2n) is 4.92. The summed E-state index contributed by atoms with van der Waals surface area (Å²) in [5.41, 5.74) is 0. The lowest BCUT2D eigenvalue weighted by atomic mass is 9.89. The zero-order chi connectivity index (χ0) is 9.64. The van der Waals surface area contributed by atoms with Crippen LogP contribution in [-0.4, -0.2) is 25.7 Å². The second kappa shape index (κ2) is 5.72. The lowest BCUT2D eigenvalue weighted by molar-refractivity contribution is 0.304. The van der Waals surface area contributed by atoms with Crippen molar-refractivity contribution in [2.75, 3.05) is 19.6 Å². The van der Waals surface area contributed by atoms with E-state index >= 15 is 0 Å². The first-order chi connectivity index (χ1) is 6.95. The zero-order valence-electron chi connectivity index (χ0n) is 9.23. The minimum atomic E-state index is 0.846. The molecular formula is C12H24N2. The van der Waals surface area contributed by atoms with Gasteiger partial charge in [0.15, 0.2) is 0 Å². The van der Waals surface area contributed by atoms with Crippen molar-refractivity contribution in [3.63, 3.8) is 0 Å². The van der Waals surface area contributed by atoms with E-state index in [2.05, 4.69) is 10.6 Å². The molecule has 0 bridgehead atoms. The molecule has 2 rings (SSSR count). The molecule has 14 heavy (non-hydrogen) atoms. The molecule has 2 N–H and O–H groups in total. The van der Waals surface area contributed by atoms with Gasteiger partial charge in [-0.15, -0.1) is 0 Å². The summed E-state index contributed by atoms with van der Waals surface area (Å²) in [5.74, 6) is 1.01. The molecule has 0 spiro atoms. The number of hydrogen-bond donors (Lipinski definition) is 2. The molecule has 0 aromatic heterocycles. The Balaban J connectivity index is 1.60. The van der Waals surface area contributed by atoms with Crippen LogP contribution in [0.1, 0.15) is 44.9 Å². The van der Waals surface area contributed by atoms with Crippen molar-refractivity contribution in [3.8, 4) is 0 Å². The van der Waals surface area contributed by atoms with Gasteiger partial charge < -0.3 is 10.6 Å². The van der Waals surface area contributed by atoms with E-state index in [0.717, 1.165) is 12.0 Å². The van der Waals surface area contributed by atoms with Crippen LogP contribution in [-0.2, 0) is 0 Å². The topological polar surface area (TPSA) is 24.1 Å². The number of rotatable bonds is 3. The van der Waals surface area contributed by atoms with E-state index < -0.39 is 0 Å². The molecule has 0 amide bonds. The molecule has 0 radical (unpaired) electrons. The van der Waals surface area contributed by atoms with Crippen molar-refractivity contribution in [1.82, 2.24) is 10.6 Å². The summed E-state index contributed by atoms with van der Waals surface area (Å²) in [5, 5.41) is 7.08. The molecule has 0 aromatic rings. The summed E-state index contributed by atoms with van der Waals surface area (Å²) < 4.78 is 0. The van der Waals surface area contributed by atoms with Crippen LogP contribution < -0.4 is 10.6 Å². The van der Waals surface area contributed by atoms with E-state index in [1.807, 2.05) is 0 Å². The molecule has 0 aliphatic carbocycles. The van der Waals surface area contributed by atoms with Crippen LogP contribution in [0.4, 0.5) is 0 Å². The Morgan fingerprint density at radius 1 is 0.857 bits per heavy atom. The molecule has 1 atom stereocenters. The van der Waals surface area contributed by atoms with Crippen LogP contribution in [0.2, 0.25) is 0 Å². The van der Waals surface area contributed by atoms with Crippen molar-refractivity contribution in [3.05, 3.63) is 0 Å². The third-order valence-electron chi connectivity index (χ3n) is 3.79. The van der Waals surface area contributed by atoms with Gasteiger partial charge in [0, 0.05) is 6.04 Å². The fourth-order valence-corrected chi connectivity index (χ4v) is 2.78. The predicted octanol–water partition coefficient (Wildman–Crippen LogP) is 1.91. The van der Waals surface area contributed by atoms with E-state index in [1.54, 1.807) is 0 Å². The standard InChI is InChI=1S/C12H24N2/c1-2-8-14-12(3-1)5-4-11-6-9-13-10-7-11/h11-14H,1-10H2. The first kappa shape index (κ1) is 10.4. The van der Waals surface area contributed by atoms with Crippen LogP contribution in [0, 0.1) is 5.92 Å². The van der Waals surface area contributed by atoms with Gasteiger partial charge in [-0.05, 0) is 64.1 Å². The third kappa shape index (κ3) is 3.25. The summed E-state index contributed by atoms with van der Waals surface area (Å²) in [6.45, 7) is 3.77. The summed E-state index contributed by atoms with van der Waals surface area (Å²) >= 11 is 0. The molecular weight excluding hydrogens is 172 g/mol. The van der Waals surface area contributed by atoms with Crippen molar-refractivity contribution in [2.24, 2.45) is 5.92 Å². The van der Waals surface area contributed by atoms with Gasteiger partial charge in [-0.3, -0.25) is 0 Å². The Bertz CT molecular complexity index is 128. The van der Waals surface area contributed by atoms with Crippen LogP contribution in [0.15, 0.2) is 0 Å². The number of piperidine rings is 2. The highest BCUT2D eigenvalue weighted by atomic mass is 14.9.